The van der Waals surface area contributed by atoms with E-state index in [1.165, 1.54) is 36.8 Å². The zero-order valence-corrected chi connectivity index (χ0v) is 12.8. The normalized spacial score (nSPS) is 26.3. The molecular formula is C18H27NO. The van der Waals surface area contributed by atoms with Crippen molar-refractivity contribution in [3.8, 4) is 5.75 Å². The van der Waals surface area contributed by atoms with Gasteiger partial charge in [-0.3, -0.25) is 0 Å². The van der Waals surface area contributed by atoms with E-state index in [9.17, 15) is 0 Å². The lowest BCUT2D eigenvalue weighted by Crippen LogP contribution is -2.28. The van der Waals surface area contributed by atoms with Crippen molar-refractivity contribution in [3.63, 3.8) is 0 Å². The van der Waals surface area contributed by atoms with Crippen LogP contribution >= 0.6 is 0 Å². The molecule has 0 aromatic heterocycles. The van der Waals surface area contributed by atoms with Crippen LogP contribution in [0.3, 0.4) is 0 Å². The van der Waals surface area contributed by atoms with E-state index in [0.717, 1.165) is 37.2 Å². The van der Waals surface area contributed by atoms with Crippen molar-refractivity contribution in [3.05, 3.63) is 29.3 Å². The summed E-state index contributed by atoms with van der Waals surface area (Å²) in [4.78, 5) is 0. The third kappa shape index (κ3) is 2.85. The highest BCUT2D eigenvalue weighted by molar-refractivity contribution is 5.41. The molecule has 110 valence electrons. The van der Waals surface area contributed by atoms with Gasteiger partial charge < -0.3 is 10.1 Å². The Morgan fingerprint density at radius 1 is 1.35 bits per heavy atom. The van der Waals surface area contributed by atoms with Crippen molar-refractivity contribution in [1.29, 1.82) is 0 Å². The topological polar surface area (TPSA) is 21.3 Å². The Morgan fingerprint density at radius 2 is 2.25 bits per heavy atom. The summed E-state index contributed by atoms with van der Waals surface area (Å²) in [5.74, 6) is 2.79. The SMILES string of the molecule is CCCNC(c1ccc2c(c1)CCO2)C1CCC(C)C1. The van der Waals surface area contributed by atoms with Crippen LogP contribution in [-0.2, 0) is 6.42 Å². The predicted molar refractivity (Wildman–Crippen MR) is 83.2 cm³/mol. The molecule has 2 nitrogen and oxygen atoms in total. The Bertz CT molecular complexity index is 457. The fraction of sp³-hybridized carbons (Fsp3) is 0.667. The molecule has 0 amide bonds. The van der Waals surface area contributed by atoms with Crippen LogP contribution in [0.2, 0.25) is 0 Å². The van der Waals surface area contributed by atoms with E-state index < -0.39 is 0 Å². The summed E-state index contributed by atoms with van der Waals surface area (Å²) >= 11 is 0. The molecule has 0 spiro atoms. The Labute approximate surface area is 122 Å². The van der Waals surface area contributed by atoms with Crippen LogP contribution in [0.25, 0.3) is 0 Å². The third-order valence-corrected chi connectivity index (χ3v) is 4.89. The lowest BCUT2D eigenvalue weighted by atomic mass is 9.89. The predicted octanol–water partition coefficient (Wildman–Crippen LogP) is 4.10. The largest absolute Gasteiger partial charge is 0.493 e. The molecule has 3 atom stereocenters. The summed E-state index contributed by atoms with van der Waals surface area (Å²) in [6.07, 6.45) is 6.41. The van der Waals surface area contributed by atoms with Gasteiger partial charge in [-0.2, -0.15) is 0 Å². The highest BCUT2D eigenvalue weighted by atomic mass is 16.5. The second-order valence-corrected chi connectivity index (χ2v) is 6.58. The van der Waals surface area contributed by atoms with E-state index in [4.69, 9.17) is 4.74 Å². The number of benzene rings is 1. The van der Waals surface area contributed by atoms with Crippen LogP contribution < -0.4 is 10.1 Å². The molecular weight excluding hydrogens is 246 g/mol. The fourth-order valence-corrected chi connectivity index (χ4v) is 3.81. The molecule has 1 aliphatic heterocycles. The van der Waals surface area contributed by atoms with Crippen molar-refractivity contribution in [1.82, 2.24) is 5.32 Å². The molecule has 3 rings (SSSR count). The van der Waals surface area contributed by atoms with E-state index in [2.05, 4.69) is 37.4 Å². The van der Waals surface area contributed by atoms with Crippen LogP contribution in [0.15, 0.2) is 18.2 Å². The van der Waals surface area contributed by atoms with Gasteiger partial charge in [0.2, 0.25) is 0 Å². The summed E-state index contributed by atoms with van der Waals surface area (Å²) in [5, 5.41) is 3.80. The van der Waals surface area contributed by atoms with Gasteiger partial charge in [0.1, 0.15) is 5.75 Å². The quantitative estimate of drug-likeness (QED) is 0.872. The Balaban J connectivity index is 1.80. The summed E-state index contributed by atoms with van der Waals surface area (Å²) in [7, 11) is 0. The molecule has 2 heteroatoms. The summed E-state index contributed by atoms with van der Waals surface area (Å²) in [6.45, 7) is 6.61. The third-order valence-electron chi connectivity index (χ3n) is 4.89. The first-order valence-electron chi connectivity index (χ1n) is 8.27. The summed E-state index contributed by atoms with van der Waals surface area (Å²) in [6, 6.07) is 7.38. The van der Waals surface area contributed by atoms with Crippen molar-refractivity contribution in [2.75, 3.05) is 13.2 Å². The molecule has 0 radical (unpaired) electrons. The maximum absolute atomic E-state index is 5.64. The van der Waals surface area contributed by atoms with Gasteiger partial charge in [-0.05, 0) is 54.8 Å². The second kappa shape index (κ2) is 6.17. The lowest BCUT2D eigenvalue weighted by molar-refractivity contribution is 0.354. The molecule has 1 aliphatic carbocycles. The Morgan fingerprint density at radius 3 is 3.00 bits per heavy atom. The first kappa shape index (κ1) is 13.9. The molecule has 1 aromatic rings. The average molecular weight is 273 g/mol. The summed E-state index contributed by atoms with van der Waals surface area (Å²) in [5.41, 5.74) is 2.87. The van der Waals surface area contributed by atoms with Crippen LogP contribution in [0.4, 0.5) is 0 Å². The fourth-order valence-electron chi connectivity index (χ4n) is 3.81. The molecule has 1 aromatic carbocycles. The van der Waals surface area contributed by atoms with Gasteiger partial charge >= 0.3 is 0 Å². The van der Waals surface area contributed by atoms with Crippen LogP contribution in [0, 0.1) is 11.8 Å². The first-order chi connectivity index (χ1) is 9.78. The number of nitrogens with one attached hydrogen (secondary N) is 1. The van der Waals surface area contributed by atoms with Gasteiger partial charge in [-0.1, -0.05) is 32.4 Å². The minimum atomic E-state index is 0.533. The van der Waals surface area contributed by atoms with Gasteiger partial charge in [0.05, 0.1) is 6.61 Å². The standard InChI is InChI=1S/C18H27NO/c1-3-9-19-18(15-5-4-13(2)11-15)16-6-7-17-14(12-16)8-10-20-17/h6-7,12-13,15,18-19H,3-5,8-11H2,1-2H3. The Hall–Kier alpha value is -1.02. The molecule has 0 saturated heterocycles. The van der Waals surface area contributed by atoms with Gasteiger partial charge in [0.25, 0.3) is 0 Å². The smallest absolute Gasteiger partial charge is 0.122 e. The number of rotatable bonds is 5. The Kier molecular flexibility index (Phi) is 4.30. The van der Waals surface area contributed by atoms with Crippen molar-refractivity contribution in [2.45, 2.75) is 52.0 Å². The van der Waals surface area contributed by atoms with Gasteiger partial charge in [0.15, 0.2) is 0 Å². The van der Waals surface area contributed by atoms with Crippen molar-refractivity contribution >= 4 is 0 Å². The molecule has 20 heavy (non-hydrogen) atoms. The van der Waals surface area contributed by atoms with Crippen molar-refractivity contribution < 1.29 is 4.74 Å². The van der Waals surface area contributed by atoms with E-state index in [1.807, 2.05) is 0 Å². The number of hydrogen-bond acceptors (Lipinski definition) is 2. The number of ether oxygens (including phenoxy) is 1. The van der Waals surface area contributed by atoms with Crippen LogP contribution in [-0.4, -0.2) is 13.2 Å². The minimum Gasteiger partial charge on any atom is -0.493 e. The zero-order valence-electron chi connectivity index (χ0n) is 12.8. The molecule has 0 bridgehead atoms. The minimum absolute atomic E-state index is 0.533. The van der Waals surface area contributed by atoms with Crippen LogP contribution in [0.5, 0.6) is 5.75 Å². The van der Waals surface area contributed by atoms with E-state index >= 15 is 0 Å². The molecule has 3 unspecified atom stereocenters. The average Bonchev–Trinajstić information content (AvgIpc) is 3.07. The van der Waals surface area contributed by atoms with Gasteiger partial charge in [-0.25, -0.2) is 0 Å². The summed E-state index contributed by atoms with van der Waals surface area (Å²) < 4.78 is 5.64. The maximum atomic E-state index is 5.64. The molecule has 1 N–H and O–H groups in total. The lowest BCUT2D eigenvalue weighted by Gasteiger charge is -2.26. The molecule has 1 fully saturated rings. The second-order valence-electron chi connectivity index (χ2n) is 6.58. The van der Waals surface area contributed by atoms with Gasteiger partial charge in [-0.15, -0.1) is 0 Å². The maximum Gasteiger partial charge on any atom is 0.122 e. The number of fused-ring (bicyclic) bond motifs is 1. The zero-order chi connectivity index (χ0) is 13.9. The highest BCUT2D eigenvalue weighted by Gasteiger charge is 2.30. The molecule has 2 aliphatic rings. The van der Waals surface area contributed by atoms with Crippen molar-refractivity contribution in [2.24, 2.45) is 11.8 Å². The molecule has 1 saturated carbocycles. The van der Waals surface area contributed by atoms with E-state index in [0.29, 0.717) is 6.04 Å². The highest BCUT2D eigenvalue weighted by Crippen LogP contribution is 2.40. The van der Waals surface area contributed by atoms with Gasteiger partial charge in [0, 0.05) is 12.5 Å². The molecule has 1 heterocycles. The van der Waals surface area contributed by atoms with E-state index in [-0.39, 0.29) is 0 Å². The van der Waals surface area contributed by atoms with Crippen LogP contribution in [0.1, 0.15) is 56.7 Å². The monoisotopic (exact) mass is 273 g/mol. The first-order valence-corrected chi connectivity index (χ1v) is 8.27. The number of hydrogen-bond donors (Lipinski definition) is 1. The van der Waals surface area contributed by atoms with E-state index in [1.54, 1.807) is 0 Å².